The van der Waals surface area contributed by atoms with Crippen molar-refractivity contribution in [2.45, 2.75) is 6.54 Å². The van der Waals surface area contributed by atoms with Crippen molar-refractivity contribution in [3.8, 4) is 5.75 Å². The molecule has 0 aliphatic carbocycles. The molecule has 2 aromatic rings. The highest BCUT2D eigenvalue weighted by molar-refractivity contribution is 6.31. The molecule has 19 heavy (non-hydrogen) atoms. The van der Waals surface area contributed by atoms with E-state index >= 15 is 0 Å². The Kier molecular flexibility index (Phi) is 3.39. The van der Waals surface area contributed by atoms with Gasteiger partial charge in [0, 0.05) is 43.3 Å². The molecule has 1 aromatic carbocycles. The van der Waals surface area contributed by atoms with Crippen molar-refractivity contribution in [2.75, 3.05) is 33.2 Å². The van der Waals surface area contributed by atoms with Gasteiger partial charge in [0.2, 0.25) is 0 Å². The maximum absolute atomic E-state index is 9.73. The fourth-order valence-electron chi connectivity index (χ4n) is 2.52. The molecule has 0 radical (unpaired) electrons. The van der Waals surface area contributed by atoms with Gasteiger partial charge in [-0.2, -0.15) is 0 Å². The van der Waals surface area contributed by atoms with Crippen molar-refractivity contribution in [3.63, 3.8) is 0 Å². The largest absolute Gasteiger partial charge is 0.504 e. The quantitative estimate of drug-likeness (QED) is 0.918. The standard InChI is InChI=1S/C14H17ClN2O2/c1-16-2-4-17(5-3-16)8-10-6-11(15)7-12-13(18)9-19-14(10)12/h6-7,9,18H,2-5,8H2,1H3. The maximum atomic E-state index is 9.73. The second kappa shape index (κ2) is 5.04. The summed E-state index contributed by atoms with van der Waals surface area (Å²) in [4.78, 5) is 4.70. The third-order valence-corrected chi connectivity index (χ3v) is 3.90. The van der Waals surface area contributed by atoms with Gasteiger partial charge in [-0.1, -0.05) is 11.6 Å². The van der Waals surface area contributed by atoms with Crippen LogP contribution < -0.4 is 0 Å². The molecule has 4 nitrogen and oxygen atoms in total. The van der Waals surface area contributed by atoms with Gasteiger partial charge in [0.05, 0.1) is 5.39 Å². The molecular formula is C14H17ClN2O2. The van der Waals surface area contributed by atoms with Crippen molar-refractivity contribution in [1.29, 1.82) is 0 Å². The van der Waals surface area contributed by atoms with Gasteiger partial charge in [-0.25, -0.2) is 0 Å². The average Bonchev–Trinajstić information content (AvgIpc) is 2.74. The number of hydrogen-bond donors (Lipinski definition) is 1. The van der Waals surface area contributed by atoms with Crippen LogP contribution in [0.25, 0.3) is 11.0 Å². The van der Waals surface area contributed by atoms with Crippen LogP contribution in [-0.4, -0.2) is 48.1 Å². The lowest BCUT2D eigenvalue weighted by molar-refractivity contribution is 0.148. The lowest BCUT2D eigenvalue weighted by Gasteiger charge is -2.32. The van der Waals surface area contributed by atoms with E-state index in [2.05, 4.69) is 16.8 Å². The first-order valence-electron chi connectivity index (χ1n) is 6.43. The summed E-state index contributed by atoms with van der Waals surface area (Å²) in [5.41, 5.74) is 1.77. The first kappa shape index (κ1) is 12.8. The summed E-state index contributed by atoms with van der Waals surface area (Å²) in [7, 11) is 2.14. The molecule has 1 saturated heterocycles. The first-order chi connectivity index (χ1) is 9.13. The van der Waals surface area contributed by atoms with E-state index in [4.69, 9.17) is 16.0 Å². The van der Waals surface area contributed by atoms with Crippen LogP contribution in [0.4, 0.5) is 0 Å². The molecule has 0 spiro atoms. The molecule has 0 bridgehead atoms. The number of piperazine rings is 1. The molecule has 1 aliphatic heterocycles. The predicted molar refractivity (Wildman–Crippen MR) is 75.7 cm³/mol. The highest BCUT2D eigenvalue weighted by Crippen LogP contribution is 2.32. The van der Waals surface area contributed by atoms with Crippen LogP contribution in [0.1, 0.15) is 5.56 Å². The zero-order valence-corrected chi connectivity index (χ0v) is 11.7. The summed E-state index contributed by atoms with van der Waals surface area (Å²) in [5, 5.41) is 11.1. The van der Waals surface area contributed by atoms with Gasteiger partial charge in [-0.05, 0) is 19.2 Å². The number of hydrogen-bond acceptors (Lipinski definition) is 4. The van der Waals surface area contributed by atoms with Crippen LogP contribution >= 0.6 is 11.6 Å². The van der Waals surface area contributed by atoms with E-state index in [0.717, 1.165) is 43.9 Å². The third-order valence-electron chi connectivity index (χ3n) is 3.68. The number of halogens is 1. The van der Waals surface area contributed by atoms with E-state index in [1.54, 1.807) is 6.07 Å². The summed E-state index contributed by atoms with van der Waals surface area (Å²) in [6.45, 7) is 5.03. The SMILES string of the molecule is CN1CCN(Cc2cc(Cl)cc3c(O)coc23)CC1. The zero-order valence-electron chi connectivity index (χ0n) is 10.9. The maximum Gasteiger partial charge on any atom is 0.161 e. The van der Waals surface area contributed by atoms with Crippen LogP contribution in [0.2, 0.25) is 5.02 Å². The Morgan fingerprint density at radius 1 is 1.26 bits per heavy atom. The number of nitrogens with zero attached hydrogens (tertiary/aromatic N) is 2. The van der Waals surface area contributed by atoms with Gasteiger partial charge < -0.3 is 14.4 Å². The molecule has 1 aliphatic rings. The fourth-order valence-corrected chi connectivity index (χ4v) is 2.76. The highest BCUT2D eigenvalue weighted by atomic mass is 35.5. The minimum Gasteiger partial charge on any atom is -0.504 e. The van der Waals surface area contributed by atoms with Gasteiger partial charge in [0.1, 0.15) is 11.8 Å². The van der Waals surface area contributed by atoms with E-state index in [9.17, 15) is 5.11 Å². The van der Waals surface area contributed by atoms with Crippen LogP contribution in [-0.2, 0) is 6.54 Å². The van der Waals surface area contributed by atoms with Crippen molar-refractivity contribution in [3.05, 3.63) is 29.0 Å². The summed E-state index contributed by atoms with van der Waals surface area (Å²) in [6, 6.07) is 3.66. The summed E-state index contributed by atoms with van der Waals surface area (Å²) in [6.07, 6.45) is 1.37. The molecule has 0 unspecified atom stereocenters. The number of aromatic hydroxyl groups is 1. The van der Waals surface area contributed by atoms with Gasteiger partial charge >= 0.3 is 0 Å². The molecule has 0 atom stereocenters. The topological polar surface area (TPSA) is 39.9 Å². The molecule has 102 valence electrons. The average molecular weight is 281 g/mol. The molecule has 1 N–H and O–H groups in total. The normalized spacial score (nSPS) is 18.2. The van der Waals surface area contributed by atoms with Crippen molar-refractivity contribution in [2.24, 2.45) is 0 Å². The number of fused-ring (bicyclic) bond motifs is 1. The van der Waals surface area contributed by atoms with Gasteiger partial charge in [-0.3, -0.25) is 4.90 Å². The smallest absolute Gasteiger partial charge is 0.161 e. The number of furan rings is 1. The van der Waals surface area contributed by atoms with Crippen LogP contribution in [0, 0.1) is 0 Å². The van der Waals surface area contributed by atoms with Gasteiger partial charge in [-0.15, -0.1) is 0 Å². The molecule has 0 saturated carbocycles. The molecule has 3 rings (SSSR count). The van der Waals surface area contributed by atoms with Gasteiger partial charge in [0.25, 0.3) is 0 Å². The Balaban J connectivity index is 1.88. The van der Waals surface area contributed by atoms with E-state index in [1.807, 2.05) is 6.07 Å². The zero-order chi connectivity index (χ0) is 13.4. The number of rotatable bonds is 2. The highest BCUT2D eigenvalue weighted by Gasteiger charge is 2.17. The number of likely N-dealkylation sites (N-methyl/N-ethyl adjacent to an activating group) is 1. The molecule has 1 fully saturated rings. The Morgan fingerprint density at radius 2 is 2.00 bits per heavy atom. The van der Waals surface area contributed by atoms with E-state index in [-0.39, 0.29) is 5.75 Å². The minimum atomic E-state index is 0.150. The molecular weight excluding hydrogens is 264 g/mol. The fraction of sp³-hybridized carbons (Fsp3) is 0.429. The molecule has 0 amide bonds. The van der Waals surface area contributed by atoms with Crippen molar-refractivity contribution < 1.29 is 9.52 Å². The second-order valence-corrected chi connectivity index (χ2v) is 5.58. The van der Waals surface area contributed by atoms with Gasteiger partial charge in [0.15, 0.2) is 5.75 Å². The van der Waals surface area contributed by atoms with E-state index in [0.29, 0.717) is 10.4 Å². The Morgan fingerprint density at radius 3 is 2.74 bits per heavy atom. The molecule has 5 heteroatoms. The summed E-state index contributed by atoms with van der Waals surface area (Å²) in [5.74, 6) is 0.150. The number of benzene rings is 1. The second-order valence-electron chi connectivity index (χ2n) is 5.14. The van der Waals surface area contributed by atoms with E-state index in [1.165, 1.54) is 6.26 Å². The lowest BCUT2D eigenvalue weighted by atomic mass is 10.1. The Hall–Kier alpha value is -1.23. The van der Waals surface area contributed by atoms with Crippen molar-refractivity contribution >= 4 is 22.6 Å². The predicted octanol–water partition coefficient (Wildman–Crippen LogP) is 2.54. The Labute approximate surface area is 117 Å². The minimum absolute atomic E-state index is 0.150. The monoisotopic (exact) mass is 280 g/mol. The van der Waals surface area contributed by atoms with Crippen LogP contribution in [0.5, 0.6) is 5.75 Å². The first-order valence-corrected chi connectivity index (χ1v) is 6.81. The van der Waals surface area contributed by atoms with Crippen molar-refractivity contribution in [1.82, 2.24) is 9.80 Å². The lowest BCUT2D eigenvalue weighted by Crippen LogP contribution is -2.43. The summed E-state index contributed by atoms with van der Waals surface area (Å²) >= 11 is 6.11. The van der Waals surface area contributed by atoms with Crippen LogP contribution in [0.15, 0.2) is 22.8 Å². The third kappa shape index (κ3) is 2.56. The Bertz CT molecular complexity index is 588. The van der Waals surface area contributed by atoms with E-state index < -0.39 is 0 Å². The summed E-state index contributed by atoms with van der Waals surface area (Å²) < 4.78 is 5.45. The van der Waals surface area contributed by atoms with Crippen LogP contribution in [0.3, 0.4) is 0 Å². The molecule has 2 heterocycles. The molecule has 1 aromatic heterocycles.